The Morgan fingerprint density at radius 1 is 1.26 bits per heavy atom. The van der Waals surface area contributed by atoms with E-state index in [-0.39, 0.29) is 11.8 Å². The maximum Gasteiger partial charge on any atom is 0.573 e. The minimum Gasteiger partial charge on any atom is -0.406 e. The number of alkyl halides is 3. The Bertz CT molecular complexity index is 511. The minimum absolute atomic E-state index is 0.238. The van der Waals surface area contributed by atoms with Crippen molar-refractivity contribution >= 4 is 11.3 Å². The second-order valence-electron chi connectivity index (χ2n) is 3.92. The SMILES string of the molecule is NC(Cc1ccc(OC(F)(F)F)cc1)c1cscn1. The van der Waals surface area contributed by atoms with E-state index in [4.69, 9.17) is 5.73 Å². The van der Waals surface area contributed by atoms with Gasteiger partial charge in [-0.3, -0.25) is 0 Å². The molecule has 19 heavy (non-hydrogen) atoms. The summed E-state index contributed by atoms with van der Waals surface area (Å²) in [5.41, 5.74) is 9.24. The number of nitrogens with zero attached hydrogens (tertiary/aromatic N) is 1. The number of halogens is 3. The first-order valence-corrected chi connectivity index (χ1v) is 6.37. The van der Waals surface area contributed by atoms with Gasteiger partial charge in [0, 0.05) is 5.38 Å². The largest absolute Gasteiger partial charge is 0.573 e. The Kier molecular flexibility index (Phi) is 4.06. The standard InChI is InChI=1S/C12H11F3N2OS/c13-12(14,15)18-9-3-1-8(2-4-9)5-10(16)11-6-19-7-17-11/h1-4,6-7,10H,5,16H2. The lowest BCUT2D eigenvalue weighted by molar-refractivity contribution is -0.274. The first-order chi connectivity index (χ1) is 8.94. The molecule has 0 aliphatic carbocycles. The summed E-state index contributed by atoms with van der Waals surface area (Å²) >= 11 is 1.45. The summed E-state index contributed by atoms with van der Waals surface area (Å²) in [4.78, 5) is 4.10. The van der Waals surface area contributed by atoms with Gasteiger partial charge < -0.3 is 10.5 Å². The van der Waals surface area contributed by atoms with E-state index in [1.807, 2.05) is 5.38 Å². The van der Waals surface area contributed by atoms with Crippen molar-refractivity contribution in [3.63, 3.8) is 0 Å². The number of benzene rings is 1. The van der Waals surface area contributed by atoms with E-state index in [2.05, 4.69) is 9.72 Å². The molecule has 0 saturated heterocycles. The molecule has 0 aliphatic rings. The van der Waals surface area contributed by atoms with Crippen LogP contribution in [0.3, 0.4) is 0 Å². The second-order valence-corrected chi connectivity index (χ2v) is 4.63. The molecular formula is C12H11F3N2OS. The summed E-state index contributed by atoms with van der Waals surface area (Å²) in [5.74, 6) is -0.238. The first kappa shape index (κ1) is 13.8. The average Bonchev–Trinajstić information content (AvgIpc) is 2.83. The summed E-state index contributed by atoms with van der Waals surface area (Å²) < 4.78 is 39.8. The molecule has 0 radical (unpaired) electrons. The van der Waals surface area contributed by atoms with Gasteiger partial charge >= 0.3 is 6.36 Å². The molecule has 0 saturated carbocycles. The van der Waals surface area contributed by atoms with Crippen LogP contribution in [-0.2, 0) is 6.42 Å². The molecular weight excluding hydrogens is 277 g/mol. The van der Waals surface area contributed by atoms with Crippen LogP contribution in [0, 0.1) is 0 Å². The third kappa shape index (κ3) is 4.22. The van der Waals surface area contributed by atoms with Crippen LogP contribution in [0.5, 0.6) is 5.75 Å². The zero-order valence-electron chi connectivity index (χ0n) is 9.72. The second kappa shape index (κ2) is 5.58. The maximum absolute atomic E-state index is 12.0. The lowest BCUT2D eigenvalue weighted by atomic mass is 10.0. The molecule has 2 aromatic rings. The number of ether oxygens (including phenoxy) is 1. The van der Waals surface area contributed by atoms with Crippen LogP contribution in [-0.4, -0.2) is 11.3 Å². The van der Waals surface area contributed by atoms with Crippen LogP contribution in [0.15, 0.2) is 35.2 Å². The normalized spacial score (nSPS) is 13.3. The van der Waals surface area contributed by atoms with Crippen LogP contribution in [0.4, 0.5) is 13.2 Å². The molecule has 1 aromatic heterocycles. The molecule has 1 unspecified atom stereocenters. The summed E-state index contributed by atoms with van der Waals surface area (Å²) in [6.45, 7) is 0. The van der Waals surface area contributed by atoms with Crippen LogP contribution < -0.4 is 10.5 Å². The Morgan fingerprint density at radius 3 is 2.47 bits per heavy atom. The molecule has 0 bridgehead atoms. The number of hydrogen-bond acceptors (Lipinski definition) is 4. The molecule has 0 amide bonds. The molecule has 0 spiro atoms. The van der Waals surface area contributed by atoms with Crippen LogP contribution in [0.25, 0.3) is 0 Å². The van der Waals surface area contributed by atoms with Crippen molar-refractivity contribution in [3.8, 4) is 5.75 Å². The predicted octanol–water partition coefficient (Wildman–Crippen LogP) is 3.28. The van der Waals surface area contributed by atoms with E-state index in [1.165, 1.54) is 23.5 Å². The van der Waals surface area contributed by atoms with Gasteiger partial charge in [0.1, 0.15) is 5.75 Å². The third-order valence-electron chi connectivity index (χ3n) is 2.44. The van der Waals surface area contributed by atoms with Crippen molar-refractivity contribution in [2.45, 2.75) is 18.8 Å². The average molecular weight is 288 g/mol. The van der Waals surface area contributed by atoms with Crippen molar-refractivity contribution in [1.29, 1.82) is 0 Å². The Labute approximate surface area is 111 Å². The van der Waals surface area contributed by atoms with Crippen molar-refractivity contribution in [1.82, 2.24) is 4.98 Å². The van der Waals surface area contributed by atoms with Gasteiger partial charge in [-0.05, 0) is 24.1 Å². The third-order valence-corrected chi connectivity index (χ3v) is 3.05. The number of thiazole rings is 1. The number of rotatable bonds is 4. The summed E-state index contributed by atoms with van der Waals surface area (Å²) in [6.07, 6.45) is -4.16. The Balaban J connectivity index is 1.99. The van der Waals surface area contributed by atoms with Gasteiger partial charge in [-0.15, -0.1) is 24.5 Å². The molecule has 0 fully saturated rings. The van der Waals surface area contributed by atoms with Crippen LogP contribution >= 0.6 is 11.3 Å². The van der Waals surface area contributed by atoms with E-state index in [9.17, 15) is 13.2 Å². The molecule has 1 aromatic carbocycles. The fraction of sp³-hybridized carbons (Fsp3) is 0.250. The molecule has 3 nitrogen and oxygen atoms in total. The van der Waals surface area contributed by atoms with Gasteiger partial charge in [-0.25, -0.2) is 4.98 Å². The van der Waals surface area contributed by atoms with Gasteiger partial charge in [0.05, 0.1) is 17.2 Å². The van der Waals surface area contributed by atoms with Crippen molar-refractivity contribution in [2.24, 2.45) is 5.73 Å². The first-order valence-electron chi connectivity index (χ1n) is 5.42. The fourth-order valence-electron chi connectivity index (χ4n) is 1.59. The predicted molar refractivity (Wildman–Crippen MR) is 65.9 cm³/mol. The lowest BCUT2D eigenvalue weighted by Gasteiger charge is -2.11. The summed E-state index contributed by atoms with van der Waals surface area (Å²) in [5, 5.41) is 1.85. The highest BCUT2D eigenvalue weighted by atomic mass is 32.1. The van der Waals surface area contributed by atoms with Gasteiger partial charge in [0.15, 0.2) is 0 Å². The monoisotopic (exact) mass is 288 g/mol. The van der Waals surface area contributed by atoms with Crippen molar-refractivity contribution in [3.05, 3.63) is 46.4 Å². The van der Waals surface area contributed by atoms with Crippen LogP contribution in [0.1, 0.15) is 17.3 Å². The molecule has 2 N–H and O–H groups in total. The van der Waals surface area contributed by atoms with Crippen LogP contribution in [0.2, 0.25) is 0 Å². The maximum atomic E-state index is 12.0. The molecule has 102 valence electrons. The minimum atomic E-state index is -4.67. The summed E-state index contributed by atoms with van der Waals surface area (Å²) in [6, 6.07) is 5.41. The summed E-state index contributed by atoms with van der Waals surface area (Å²) in [7, 11) is 0. The zero-order chi connectivity index (χ0) is 13.9. The van der Waals surface area contributed by atoms with Crippen molar-refractivity contribution < 1.29 is 17.9 Å². The highest BCUT2D eigenvalue weighted by Crippen LogP contribution is 2.24. The molecule has 0 aliphatic heterocycles. The number of nitrogens with two attached hydrogens (primary N) is 1. The van der Waals surface area contributed by atoms with E-state index < -0.39 is 6.36 Å². The highest BCUT2D eigenvalue weighted by Gasteiger charge is 2.30. The molecule has 1 atom stereocenters. The number of aromatic nitrogens is 1. The quantitative estimate of drug-likeness (QED) is 0.939. The van der Waals surface area contributed by atoms with Gasteiger partial charge in [-0.1, -0.05) is 12.1 Å². The smallest absolute Gasteiger partial charge is 0.406 e. The Hall–Kier alpha value is -1.60. The Morgan fingerprint density at radius 2 is 1.95 bits per heavy atom. The van der Waals surface area contributed by atoms with Gasteiger partial charge in [0.2, 0.25) is 0 Å². The molecule has 2 rings (SSSR count). The van der Waals surface area contributed by atoms with E-state index in [0.717, 1.165) is 11.3 Å². The van der Waals surface area contributed by atoms with Gasteiger partial charge in [0.25, 0.3) is 0 Å². The van der Waals surface area contributed by atoms with E-state index >= 15 is 0 Å². The zero-order valence-corrected chi connectivity index (χ0v) is 10.5. The lowest BCUT2D eigenvalue weighted by Crippen LogP contribution is -2.17. The van der Waals surface area contributed by atoms with Gasteiger partial charge in [-0.2, -0.15) is 0 Å². The molecule has 7 heteroatoms. The fourth-order valence-corrected chi connectivity index (χ4v) is 2.21. The topological polar surface area (TPSA) is 48.1 Å². The van der Waals surface area contributed by atoms with E-state index in [1.54, 1.807) is 17.6 Å². The van der Waals surface area contributed by atoms with Crippen molar-refractivity contribution in [2.75, 3.05) is 0 Å². The highest BCUT2D eigenvalue weighted by molar-refractivity contribution is 7.07. The molecule has 1 heterocycles. The number of hydrogen-bond donors (Lipinski definition) is 1. The van der Waals surface area contributed by atoms with E-state index in [0.29, 0.717) is 6.42 Å².